The predicted molar refractivity (Wildman–Crippen MR) is 81.7 cm³/mol. The smallest absolute Gasteiger partial charge is 0.288 e. The first-order chi connectivity index (χ1) is 9.90. The number of carbonyl (C=O) groups is 1. The van der Waals surface area contributed by atoms with Gasteiger partial charge in [-0.2, -0.15) is 0 Å². The lowest BCUT2D eigenvalue weighted by atomic mass is 10.1. The van der Waals surface area contributed by atoms with Crippen LogP contribution in [0, 0.1) is 17.0 Å². The summed E-state index contributed by atoms with van der Waals surface area (Å²) in [7, 11) is 0. The molecule has 0 aromatic heterocycles. The number of benzene rings is 2. The second-order valence-electron chi connectivity index (χ2n) is 4.40. The van der Waals surface area contributed by atoms with Gasteiger partial charge in [-0.05, 0) is 36.8 Å². The highest BCUT2D eigenvalue weighted by Gasteiger charge is 2.15. The molecule has 0 saturated heterocycles. The molecule has 0 radical (unpaired) electrons. The fourth-order valence-corrected chi connectivity index (χ4v) is 2.08. The second kappa shape index (κ2) is 5.80. The molecule has 0 atom stereocenters. The molecule has 0 aliphatic rings. The van der Waals surface area contributed by atoms with Gasteiger partial charge in [0.2, 0.25) is 0 Å². The number of nitrogens with zero attached hydrogens (tertiary/aromatic N) is 1. The van der Waals surface area contributed by atoms with Crippen LogP contribution in [0.4, 0.5) is 17.1 Å². The van der Waals surface area contributed by atoms with Gasteiger partial charge in [-0.25, -0.2) is 0 Å². The molecule has 1 amide bonds. The number of nitrogens with one attached hydrogen (secondary N) is 1. The molecule has 0 saturated carbocycles. The Morgan fingerprint density at radius 1 is 1.33 bits per heavy atom. The summed E-state index contributed by atoms with van der Waals surface area (Å²) in [5, 5.41) is 13.3. The number of nitro benzene ring substituents is 1. The normalized spacial score (nSPS) is 10.2. The van der Waals surface area contributed by atoms with Gasteiger partial charge in [-0.15, -0.1) is 0 Å². The summed E-state index contributed by atoms with van der Waals surface area (Å²) >= 11 is 5.80. The molecule has 0 aliphatic carbocycles. The van der Waals surface area contributed by atoms with Crippen molar-refractivity contribution in [2.45, 2.75) is 6.92 Å². The number of carbonyl (C=O) groups excluding carboxylic acids is 1. The third kappa shape index (κ3) is 3.11. The Balaban J connectivity index is 2.26. The number of halogens is 1. The minimum absolute atomic E-state index is 0.0397. The maximum absolute atomic E-state index is 12.2. The summed E-state index contributed by atoms with van der Waals surface area (Å²) in [6.45, 7) is 1.74. The van der Waals surface area contributed by atoms with E-state index in [9.17, 15) is 14.9 Å². The average molecular weight is 306 g/mol. The van der Waals surface area contributed by atoms with E-state index in [0.29, 0.717) is 22.5 Å². The van der Waals surface area contributed by atoms with Crippen molar-refractivity contribution in [3.8, 4) is 0 Å². The highest BCUT2D eigenvalue weighted by Crippen LogP contribution is 2.27. The number of nitrogen functional groups attached to an aromatic ring is 1. The van der Waals surface area contributed by atoms with E-state index in [0.717, 1.165) is 0 Å². The van der Waals surface area contributed by atoms with E-state index in [4.69, 9.17) is 17.3 Å². The van der Waals surface area contributed by atoms with Gasteiger partial charge < -0.3 is 11.1 Å². The molecule has 3 N–H and O–H groups in total. The summed E-state index contributed by atoms with van der Waals surface area (Å²) in [5.74, 6) is -0.357. The fraction of sp³-hybridized carbons (Fsp3) is 0.0714. The molecule has 0 aliphatic heterocycles. The zero-order chi connectivity index (χ0) is 15.6. The van der Waals surface area contributed by atoms with Crippen LogP contribution < -0.4 is 11.1 Å². The van der Waals surface area contributed by atoms with E-state index in [1.807, 2.05) is 0 Å². The molecular weight excluding hydrogens is 294 g/mol. The van der Waals surface area contributed by atoms with Gasteiger partial charge in [0.05, 0.1) is 4.92 Å². The SMILES string of the molecule is Cc1c(N)cccc1C(=O)Nc1ccc([N+](=O)[O-])c(Cl)c1. The minimum atomic E-state index is -0.587. The van der Waals surface area contributed by atoms with E-state index >= 15 is 0 Å². The van der Waals surface area contributed by atoms with Gasteiger partial charge in [0.25, 0.3) is 11.6 Å². The molecule has 21 heavy (non-hydrogen) atoms. The van der Waals surface area contributed by atoms with Crippen molar-refractivity contribution in [3.05, 3.63) is 62.7 Å². The third-order valence-corrected chi connectivity index (χ3v) is 3.33. The molecule has 6 nitrogen and oxygen atoms in total. The van der Waals surface area contributed by atoms with Crippen LogP contribution in [0.25, 0.3) is 0 Å². The first-order valence-electron chi connectivity index (χ1n) is 6.00. The molecule has 7 heteroatoms. The third-order valence-electron chi connectivity index (χ3n) is 3.02. The molecule has 0 heterocycles. The van der Waals surface area contributed by atoms with E-state index in [1.54, 1.807) is 25.1 Å². The van der Waals surface area contributed by atoms with Gasteiger partial charge >= 0.3 is 0 Å². The fourth-order valence-electron chi connectivity index (χ4n) is 1.83. The molecule has 2 aromatic rings. The Bertz CT molecular complexity index is 731. The molecule has 2 aromatic carbocycles. The van der Waals surface area contributed by atoms with Crippen LogP contribution in [-0.2, 0) is 0 Å². The molecule has 0 spiro atoms. The molecule has 0 unspecified atom stereocenters. The number of rotatable bonds is 3. The maximum Gasteiger partial charge on any atom is 0.288 e. The minimum Gasteiger partial charge on any atom is -0.398 e. The van der Waals surface area contributed by atoms with Crippen molar-refractivity contribution in [2.24, 2.45) is 0 Å². The summed E-state index contributed by atoms with van der Waals surface area (Å²) in [6, 6.07) is 9.02. The standard InChI is InChI=1S/C14H12ClN3O3/c1-8-10(3-2-4-12(8)16)14(19)17-9-5-6-13(18(20)21)11(15)7-9/h2-7H,16H2,1H3,(H,17,19). The van der Waals surface area contributed by atoms with Crippen LogP contribution in [0.2, 0.25) is 5.02 Å². The molecular formula is C14H12ClN3O3. The Kier molecular flexibility index (Phi) is 4.09. The Morgan fingerprint density at radius 2 is 2.05 bits per heavy atom. The summed E-state index contributed by atoms with van der Waals surface area (Å²) in [6.07, 6.45) is 0. The van der Waals surface area contributed by atoms with Gasteiger partial charge in [0.15, 0.2) is 0 Å². The lowest BCUT2D eigenvalue weighted by molar-refractivity contribution is -0.384. The van der Waals surface area contributed by atoms with Crippen LogP contribution in [0.5, 0.6) is 0 Å². The van der Waals surface area contributed by atoms with E-state index < -0.39 is 4.92 Å². The zero-order valence-electron chi connectivity index (χ0n) is 11.1. The lowest BCUT2D eigenvalue weighted by Crippen LogP contribution is -2.14. The van der Waals surface area contributed by atoms with Crippen LogP contribution in [0.15, 0.2) is 36.4 Å². The predicted octanol–water partition coefficient (Wildman–Crippen LogP) is 3.39. The van der Waals surface area contributed by atoms with Crippen molar-refractivity contribution < 1.29 is 9.72 Å². The van der Waals surface area contributed by atoms with Crippen LogP contribution >= 0.6 is 11.6 Å². The molecule has 2 rings (SSSR count). The lowest BCUT2D eigenvalue weighted by Gasteiger charge is -2.09. The van der Waals surface area contributed by atoms with Crippen LogP contribution in [-0.4, -0.2) is 10.8 Å². The number of nitro groups is 1. The highest BCUT2D eigenvalue weighted by atomic mass is 35.5. The van der Waals surface area contributed by atoms with E-state index in [-0.39, 0.29) is 16.6 Å². The first kappa shape index (κ1) is 14.8. The van der Waals surface area contributed by atoms with Crippen molar-refractivity contribution >= 4 is 34.6 Å². The van der Waals surface area contributed by atoms with Crippen molar-refractivity contribution in [1.82, 2.24) is 0 Å². The molecule has 108 valence electrons. The average Bonchev–Trinajstić information content (AvgIpc) is 2.41. The largest absolute Gasteiger partial charge is 0.398 e. The van der Waals surface area contributed by atoms with E-state index in [2.05, 4.69) is 5.32 Å². The Labute approximate surface area is 125 Å². The number of hydrogen-bond donors (Lipinski definition) is 2. The Hall–Kier alpha value is -2.60. The van der Waals surface area contributed by atoms with Crippen LogP contribution in [0.3, 0.4) is 0 Å². The van der Waals surface area contributed by atoms with Gasteiger partial charge in [-0.1, -0.05) is 17.7 Å². The highest BCUT2D eigenvalue weighted by molar-refractivity contribution is 6.33. The molecule has 0 fully saturated rings. The quantitative estimate of drug-likeness (QED) is 0.516. The number of anilines is 2. The zero-order valence-corrected chi connectivity index (χ0v) is 11.8. The van der Waals surface area contributed by atoms with Gasteiger partial charge in [0, 0.05) is 23.0 Å². The first-order valence-corrected chi connectivity index (χ1v) is 6.38. The van der Waals surface area contributed by atoms with Crippen molar-refractivity contribution in [2.75, 3.05) is 11.1 Å². The maximum atomic E-state index is 12.2. The van der Waals surface area contributed by atoms with Gasteiger partial charge in [0.1, 0.15) is 5.02 Å². The second-order valence-corrected chi connectivity index (χ2v) is 4.80. The summed E-state index contributed by atoms with van der Waals surface area (Å²) in [5.41, 5.74) is 7.53. The summed E-state index contributed by atoms with van der Waals surface area (Å²) < 4.78 is 0. The monoisotopic (exact) mass is 305 g/mol. The number of hydrogen-bond acceptors (Lipinski definition) is 4. The number of nitrogens with two attached hydrogens (primary N) is 1. The van der Waals surface area contributed by atoms with Crippen LogP contribution in [0.1, 0.15) is 15.9 Å². The topological polar surface area (TPSA) is 98.3 Å². The van der Waals surface area contributed by atoms with E-state index in [1.165, 1.54) is 18.2 Å². The van der Waals surface area contributed by atoms with Gasteiger partial charge in [-0.3, -0.25) is 14.9 Å². The summed E-state index contributed by atoms with van der Waals surface area (Å²) in [4.78, 5) is 22.3. The Morgan fingerprint density at radius 3 is 2.67 bits per heavy atom. The number of amides is 1. The molecule has 0 bridgehead atoms. The van der Waals surface area contributed by atoms with Crippen molar-refractivity contribution in [1.29, 1.82) is 0 Å². The van der Waals surface area contributed by atoms with Crippen molar-refractivity contribution in [3.63, 3.8) is 0 Å².